The van der Waals surface area contributed by atoms with Crippen molar-refractivity contribution in [2.24, 2.45) is 0 Å². The Balaban J connectivity index is 1.99. The molecule has 0 spiro atoms. The maximum Gasteiger partial charge on any atom is 0.224 e. The van der Waals surface area contributed by atoms with E-state index >= 15 is 0 Å². The maximum atomic E-state index is 14.0. The molecule has 0 unspecified atom stereocenters. The molecule has 0 aromatic heterocycles. The van der Waals surface area contributed by atoms with Gasteiger partial charge in [0, 0.05) is 23.0 Å². The number of rotatable bonds is 6. The molecule has 1 amide bonds. The number of hydrogen-bond donors (Lipinski definition) is 1. The van der Waals surface area contributed by atoms with Crippen LogP contribution >= 0.6 is 15.9 Å². The largest absolute Gasteiger partial charge is 0.508 e. The third-order valence-corrected chi connectivity index (χ3v) is 4.78. The van der Waals surface area contributed by atoms with Gasteiger partial charge < -0.3 is 19.5 Å². The van der Waals surface area contributed by atoms with E-state index < -0.39 is 5.82 Å². The Hall–Kier alpha value is -3.06. The van der Waals surface area contributed by atoms with Crippen molar-refractivity contribution < 1.29 is 23.8 Å². The van der Waals surface area contributed by atoms with Gasteiger partial charge in [0.2, 0.25) is 5.91 Å². The van der Waals surface area contributed by atoms with Gasteiger partial charge >= 0.3 is 0 Å². The quantitative estimate of drug-likeness (QED) is 0.517. The number of hydrogen-bond acceptors (Lipinski definition) is 4. The fourth-order valence-electron chi connectivity index (χ4n) is 2.77. The Morgan fingerprint density at radius 3 is 2.41 bits per heavy atom. The van der Waals surface area contributed by atoms with Crippen LogP contribution in [0.1, 0.15) is 12.5 Å². The summed E-state index contributed by atoms with van der Waals surface area (Å²) in [5.41, 5.74) is 0.709. The van der Waals surface area contributed by atoms with Crippen LogP contribution in [0.2, 0.25) is 0 Å². The Kier molecular flexibility index (Phi) is 6.39. The van der Waals surface area contributed by atoms with Gasteiger partial charge in [0.05, 0.1) is 19.3 Å². The van der Waals surface area contributed by atoms with Gasteiger partial charge in [-0.15, -0.1) is 0 Å². The molecule has 0 bridgehead atoms. The molecule has 0 aliphatic rings. The first-order valence-electron chi connectivity index (χ1n) is 8.74. The van der Waals surface area contributed by atoms with E-state index in [2.05, 4.69) is 15.9 Å². The van der Waals surface area contributed by atoms with Crippen molar-refractivity contribution in [1.29, 1.82) is 0 Å². The highest BCUT2D eigenvalue weighted by Gasteiger charge is 2.20. The molecule has 29 heavy (non-hydrogen) atoms. The minimum absolute atomic E-state index is 0.00355. The SMILES string of the molecule is COc1ccc(O)c(CN(C(C)=O)c2cc(F)ccc2Oc2ccc(Br)cc2)c1. The Bertz CT molecular complexity index is 1020. The minimum atomic E-state index is -0.510. The molecule has 0 aliphatic carbocycles. The van der Waals surface area contributed by atoms with Crippen molar-refractivity contribution in [3.05, 3.63) is 76.5 Å². The first-order chi connectivity index (χ1) is 13.9. The molecule has 0 saturated carbocycles. The van der Waals surface area contributed by atoms with Gasteiger partial charge in [-0.3, -0.25) is 4.79 Å². The Labute approximate surface area is 176 Å². The zero-order valence-corrected chi connectivity index (χ0v) is 17.4. The maximum absolute atomic E-state index is 14.0. The predicted octanol–water partition coefficient (Wildman–Crippen LogP) is 5.65. The van der Waals surface area contributed by atoms with Crippen molar-refractivity contribution in [3.8, 4) is 23.0 Å². The second-order valence-electron chi connectivity index (χ2n) is 6.27. The highest BCUT2D eigenvalue weighted by Crippen LogP contribution is 2.36. The number of phenols is 1. The Morgan fingerprint density at radius 1 is 1.07 bits per heavy atom. The van der Waals surface area contributed by atoms with E-state index in [-0.39, 0.29) is 23.9 Å². The molecular weight excluding hydrogens is 441 g/mol. The predicted molar refractivity (Wildman–Crippen MR) is 112 cm³/mol. The van der Waals surface area contributed by atoms with Gasteiger partial charge in [0.25, 0.3) is 0 Å². The van der Waals surface area contributed by atoms with E-state index in [0.29, 0.717) is 22.8 Å². The number of anilines is 1. The molecule has 0 heterocycles. The number of methoxy groups -OCH3 is 1. The lowest BCUT2D eigenvalue weighted by molar-refractivity contribution is -0.116. The number of ether oxygens (including phenoxy) is 2. The smallest absolute Gasteiger partial charge is 0.224 e. The molecule has 0 atom stereocenters. The number of carbonyl (C=O) groups excluding carboxylic acids is 1. The number of benzene rings is 3. The van der Waals surface area contributed by atoms with Crippen LogP contribution in [-0.4, -0.2) is 18.1 Å². The van der Waals surface area contributed by atoms with Crippen LogP contribution in [0.4, 0.5) is 10.1 Å². The van der Waals surface area contributed by atoms with E-state index in [1.807, 2.05) is 12.1 Å². The summed E-state index contributed by atoms with van der Waals surface area (Å²) in [5, 5.41) is 10.2. The minimum Gasteiger partial charge on any atom is -0.508 e. The first-order valence-corrected chi connectivity index (χ1v) is 9.53. The number of aromatic hydroxyl groups is 1. The highest BCUT2D eigenvalue weighted by molar-refractivity contribution is 9.10. The summed E-state index contributed by atoms with van der Waals surface area (Å²) in [6, 6.07) is 15.8. The second-order valence-corrected chi connectivity index (χ2v) is 7.18. The molecular formula is C22H19BrFNO4. The lowest BCUT2D eigenvalue weighted by atomic mass is 10.1. The third-order valence-electron chi connectivity index (χ3n) is 4.25. The van der Waals surface area contributed by atoms with Gasteiger partial charge in [-0.25, -0.2) is 4.39 Å². The summed E-state index contributed by atoms with van der Waals surface area (Å²) in [5.74, 6) is 0.540. The lowest BCUT2D eigenvalue weighted by Crippen LogP contribution is -2.28. The van der Waals surface area contributed by atoms with Gasteiger partial charge in [-0.2, -0.15) is 0 Å². The third kappa shape index (κ3) is 5.06. The summed E-state index contributed by atoms with van der Waals surface area (Å²) >= 11 is 3.36. The van der Waals surface area contributed by atoms with Crippen molar-refractivity contribution in [2.45, 2.75) is 13.5 Å². The molecule has 7 heteroatoms. The second kappa shape index (κ2) is 8.96. The zero-order valence-electron chi connectivity index (χ0n) is 15.9. The fourth-order valence-corrected chi connectivity index (χ4v) is 3.03. The number of phenolic OH excluding ortho intramolecular Hbond substituents is 1. The van der Waals surface area contributed by atoms with E-state index in [0.717, 1.165) is 4.47 Å². The summed E-state index contributed by atoms with van der Waals surface area (Å²) in [4.78, 5) is 13.7. The van der Waals surface area contributed by atoms with E-state index in [1.165, 1.54) is 43.2 Å². The van der Waals surface area contributed by atoms with E-state index in [4.69, 9.17) is 9.47 Å². The van der Waals surface area contributed by atoms with Crippen molar-refractivity contribution in [3.63, 3.8) is 0 Å². The number of nitrogens with zero attached hydrogens (tertiary/aromatic N) is 1. The number of carbonyl (C=O) groups is 1. The van der Waals surface area contributed by atoms with E-state index in [1.54, 1.807) is 24.3 Å². The Morgan fingerprint density at radius 2 is 1.76 bits per heavy atom. The van der Waals surface area contributed by atoms with Gasteiger partial charge in [0.15, 0.2) is 5.75 Å². The molecule has 0 fully saturated rings. The molecule has 3 aromatic rings. The summed E-state index contributed by atoms with van der Waals surface area (Å²) < 4.78 is 26.0. The average Bonchev–Trinajstić information content (AvgIpc) is 2.70. The monoisotopic (exact) mass is 459 g/mol. The van der Waals surface area contributed by atoms with Gasteiger partial charge in [0.1, 0.15) is 23.1 Å². The topological polar surface area (TPSA) is 59.0 Å². The van der Waals surface area contributed by atoms with Crippen LogP contribution in [0.15, 0.2) is 65.1 Å². The number of halogens is 2. The van der Waals surface area contributed by atoms with Gasteiger partial charge in [-0.1, -0.05) is 15.9 Å². The van der Waals surface area contributed by atoms with Crippen LogP contribution in [0.5, 0.6) is 23.0 Å². The number of amides is 1. The molecule has 3 aromatic carbocycles. The van der Waals surface area contributed by atoms with Crippen LogP contribution in [0, 0.1) is 5.82 Å². The average molecular weight is 460 g/mol. The zero-order chi connectivity index (χ0) is 21.0. The van der Waals surface area contributed by atoms with Crippen LogP contribution in [-0.2, 0) is 11.3 Å². The standard InChI is InChI=1S/C22H19BrFNO4/c1-14(26)25(13-15-11-19(28-2)8-9-21(15)27)20-12-17(24)5-10-22(20)29-18-6-3-16(23)4-7-18/h3-12,27H,13H2,1-2H3. The van der Waals surface area contributed by atoms with Crippen LogP contribution in [0.3, 0.4) is 0 Å². The summed E-state index contributed by atoms with van der Waals surface area (Å²) in [7, 11) is 1.51. The first kappa shape index (κ1) is 20.7. The fraction of sp³-hybridized carbons (Fsp3) is 0.136. The molecule has 0 radical (unpaired) electrons. The molecule has 0 aliphatic heterocycles. The molecule has 5 nitrogen and oxygen atoms in total. The lowest BCUT2D eigenvalue weighted by Gasteiger charge is -2.24. The van der Waals surface area contributed by atoms with E-state index in [9.17, 15) is 14.3 Å². The molecule has 1 N–H and O–H groups in total. The highest BCUT2D eigenvalue weighted by atomic mass is 79.9. The van der Waals surface area contributed by atoms with Gasteiger partial charge in [-0.05, 0) is 54.6 Å². The van der Waals surface area contributed by atoms with Crippen LogP contribution in [0.25, 0.3) is 0 Å². The van der Waals surface area contributed by atoms with Crippen LogP contribution < -0.4 is 14.4 Å². The molecule has 150 valence electrons. The van der Waals surface area contributed by atoms with Crippen molar-refractivity contribution in [2.75, 3.05) is 12.0 Å². The molecule has 3 rings (SSSR count). The van der Waals surface area contributed by atoms with Crippen molar-refractivity contribution in [1.82, 2.24) is 0 Å². The normalized spacial score (nSPS) is 10.5. The summed E-state index contributed by atoms with van der Waals surface area (Å²) in [6.07, 6.45) is 0. The molecule has 0 saturated heterocycles. The summed E-state index contributed by atoms with van der Waals surface area (Å²) in [6.45, 7) is 1.38. The van der Waals surface area contributed by atoms with Crippen molar-refractivity contribution >= 4 is 27.5 Å².